The highest BCUT2D eigenvalue weighted by Crippen LogP contribution is 2.31. The van der Waals surface area contributed by atoms with Crippen LogP contribution in [0.15, 0.2) is 30.7 Å². The van der Waals surface area contributed by atoms with Crippen molar-refractivity contribution in [2.45, 2.75) is 13.0 Å². The van der Waals surface area contributed by atoms with E-state index in [1.807, 2.05) is 17.6 Å². The fourth-order valence-electron chi connectivity index (χ4n) is 1.67. The number of aromatic nitrogens is 2. The van der Waals surface area contributed by atoms with Crippen LogP contribution in [0.4, 0.5) is 0 Å². The predicted octanol–water partition coefficient (Wildman–Crippen LogP) is 3.38. The molecular formula is C12H13Cl2N3. The molecule has 3 nitrogen and oxygen atoms in total. The Balaban J connectivity index is 2.53. The molecule has 2 rings (SSSR count). The molecule has 0 aliphatic rings. The van der Waals surface area contributed by atoms with Gasteiger partial charge < -0.3 is 10.3 Å². The zero-order chi connectivity index (χ0) is 12.4. The lowest BCUT2D eigenvalue weighted by molar-refractivity contribution is 0.563. The van der Waals surface area contributed by atoms with Gasteiger partial charge in [0, 0.05) is 23.2 Å². The predicted molar refractivity (Wildman–Crippen MR) is 71.4 cm³/mol. The van der Waals surface area contributed by atoms with E-state index in [1.165, 1.54) is 0 Å². The smallest absolute Gasteiger partial charge is 0.0953 e. The normalized spacial score (nSPS) is 12.7. The van der Waals surface area contributed by atoms with Crippen molar-refractivity contribution in [3.8, 4) is 11.3 Å². The Morgan fingerprint density at radius 1 is 1.41 bits per heavy atom. The molecule has 0 radical (unpaired) electrons. The summed E-state index contributed by atoms with van der Waals surface area (Å²) in [6.07, 6.45) is 3.52. The van der Waals surface area contributed by atoms with Crippen LogP contribution in [0.1, 0.15) is 13.0 Å². The largest absolute Gasteiger partial charge is 0.328 e. The first-order chi connectivity index (χ1) is 8.13. The first-order valence-corrected chi connectivity index (χ1v) is 6.06. The Morgan fingerprint density at radius 2 is 2.18 bits per heavy atom. The molecule has 1 aromatic heterocycles. The van der Waals surface area contributed by atoms with Crippen molar-refractivity contribution < 1.29 is 0 Å². The molecule has 1 aromatic carbocycles. The second-order valence-electron chi connectivity index (χ2n) is 3.90. The average molecular weight is 270 g/mol. The number of rotatable bonds is 3. The number of nitrogens with zero attached hydrogens (tertiary/aromatic N) is 2. The molecule has 0 aliphatic heterocycles. The zero-order valence-corrected chi connectivity index (χ0v) is 10.9. The van der Waals surface area contributed by atoms with Crippen molar-refractivity contribution in [1.82, 2.24) is 9.55 Å². The monoisotopic (exact) mass is 269 g/mol. The van der Waals surface area contributed by atoms with Crippen LogP contribution >= 0.6 is 23.2 Å². The summed E-state index contributed by atoms with van der Waals surface area (Å²) < 4.78 is 2.00. The summed E-state index contributed by atoms with van der Waals surface area (Å²) in [5.74, 6) is 0. The number of imidazole rings is 1. The molecule has 2 N–H and O–H groups in total. The van der Waals surface area contributed by atoms with Crippen molar-refractivity contribution in [3.05, 3.63) is 40.8 Å². The van der Waals surface area contributed by atoms with E-state index in [9.17, 15) is 0 Å². The van der Waals surface area contributed by atoms with Gasteiger partial charge in [-0.1, -0.05) is 23.2 Å². The van der Waals surface area contributed by atoms with Crippen LogP contribution in [0.2, 0.25) is 10.0 Å². The number of hydrogen-bond donors (Lipinski definition) is 1. The Hall–Kier alpha value is -1.03. The highest BCUT2D eigenvalue weighted by molar-refractivity contribution is 6.35. The fraction of sp³-hybridized carbons (Fsp3) is 0.250. The van der Waals surface area contributed by atoms with Crippen LogP contribution in [0.25, 0.3) is 11.3 Å². The first-order valence-electron chi connectivity index (χ1n) is 5.30. The fourth-order valence-corrected chi connectivity index (χ4v) is 2.06. The maximum atomic E-state index is 6.18. The van der Waals surface area contributed by atoms with Crippen molar-refractivity contribution in [2.24, 2.45) is 5.73 Å². The Bertz CT molecular complexity index is 522. The molecule has 1 atom stereocenters. The van der Waals surface area contributed by atoms with Gasteiger partial charge in [0.15, 0.2) is 0 Å². The van der Waals surface area contributed by atoms with Crippen molar-refractivity contribution in [3.63, 3.8) is 0 Å². The second-order valence-corrected chi connectivity index (χ2v) is 4.74. The number of hydrogen-bond acceptors (Lipinski definition) is 2. The number of benzene rings is 1. The van der Waals surface area contributed by atoms with Gasteiger partial charge in [0.05, 0.1) is 23.2 Å². The third-order valence-corrected chi connectivity index (χ3v) is 3.25. The van der Waals surface area contributed by atoms with E-state index >= 15 is 0 Å². The minimum atomic E-state index is 0.169. The van der Waals surface area contributed by atoms with E-state index in [2.05, 4.69) is 4.98 Å². The zero-order valence-electron chi connectivity index (χ0n) is 9.40. The van der Waals surface area contributed by atoms with Crippen LogP contribution in [0.5, 0.6) is 0 Å². The van der Waals surface area contributed by atoms with Gasteiger partial charge in [-0.25, -0.2) is 4.98 Å². The summed E-state index contributed by atoms with van der Waals surface area (Å²) in [4.78, 5) is 4.14. The number of halogens is 2. The molecule has 17 heavy (non-hydrogen) atoms. The molecule has 0 bridgehead atoms. The summed E-state index contributed by atoms with van der Waals surface area (Å²) in [5, 5.41) is 1.30. The SMILES string of the molecule is CC(CN)n1cncc1-c1cc(Cl)ccc1Cl. The topological polar surface area (TPSA) is 43.8 Å². The molecule has 1 heterocycles. The molecule has 0 saturated heterocycles. The lowest BCUT2D eigenvalue weighted by Gasteiger charge is -2.15. The van der Waals surface area contributed by atoms with Crippen LogP contribution < -0.4 is 5.73 Å². The quantitative estimate of drug-likeness (QED) is 0.929. The van der Waals surface area contributed by atoms with Gasteiger partial charge in [-0.2, -0.15) is 0 Å². The van der Waals surface area contributed by atoms with Crippen LogP contribution in [-0.4, -0.2) is 16.1 Å². The highest BCUT2D eigenvalue weighted by Gasteiger charge is 2.12. The lowest BCUT2D eigenvalue weighted by atomic mass is 10.1. The minimum Gasteiger partial charge on any atom is -0.328 e. The second kappa shape index (κ2) is 5.08. The maximum Gasteiger partial charge on any atom is 0.0953 e. The molecule has 90 valence electrons. The molecule has 2 aromatic rings. The van der Waals surface area contributed by atoms with Gasteiger partial charge in [-0.15, -0.1) is 0 Å². The Labute approximate surface area is 110 Å². The van der Waals surface area contributed by atoms with E-state index in [4.69, 9.17) is 28.9 Å². The molecule has 0 amide bonds. The summed E-state index contributed by atoms with van der Waals surface area (Å²) in [5.41, 5.74) is 7.47. The molecule has 0 saturated carbocycles. The van der Waals surface area contributed by atoms with Crippen molar-refractivity contribution >= 4 is 23.2 Å². The summed E-state index contributed by atoms with van der Waals surface area (Å²) in [6.45, 7) is 2.57. The highest BCUT2D eigenvalue weighted by atomic mass is 35.5. The van der Waals surface area contributed by atoms with E-state index in [1.54, 1.807) is 24.7 Å². The van der Waals surface area contributed by atoms with Crippen LogP contribution in [-0.2, 0) is 0 Å². The van der Waals surface area contributed by atoms with E-state index in [0.29, 0.717) is 16.6 Å². The summed E-state index contributed by atoms with van der Waals surface area (Å²) >= 11 is 12.2. The van der Waals surface area contributed by atoms with Crippen molar-refractivity contribution in [1.29, 1.82) is 0 Å². The number of nitrogens with two attached hydrogens (primary N) is 1. The Morgan fingerprint density at radius 3 is 2.88 bits per heavy atom. The first kappa shape index (κ1) is 12.4. The Kier molecular flexibility index (Phi) is 3.72. The maximum absolute atomic E-state index is 6.18. The molecule has 0 aliphatic carbocycles. The van der Waals surface area contributed by atoms with Gasteiger partial charge in [-0.3, -0.25) is 0 Å². The summed E-state index contributed by atoms with van der Waals surface area (Å²) in [7, 11) is 0. The van der Waals surface area contributed by atoms with E-state index in [0.717, 1.165) is 11.3 Å². The molecule has 1 unspecified atom stereocenters. The van der Waals surface area contributed by atoms with E-state index in [-0.39, 0.29) is 6.04 Å². The standard InChI is InChI=1S/C12H13Cl2N3/c1-8(5-15)17-7-16-6-12(17)10-4-9(13)2-3-11(10)14/h2-4,6-8H,5,15H2,1H3. The van der Waals surface area contributed by atoms with Gasteiger partial charge >= 0.3 is 0 Å². The molecule has 0 fully saturated rings. The van der Waals surface area contributed by atoms with E-state index < -0.39 is 0 Å². The molecular weight excluding hydrogens is 257 g/mol. The van der Waals surface area contributed by atoms with Gasteiger partial charge in [-0.05, 0) is 25.1 Å². The van der Waals surface area contributed by atoms with Crippen LogP contribution in [0, 0.1) is 0 Å². The average Bonchev–Trinajstić information content (AvgIpc) is 2.80. The molecule has 0 spiro atoms. The van der Waals surface area contributed by atoms with Gasteiger partial charge in [0.25, 0.3) is 0 Å². The van der Waals surface area contributed by atoms with Gasteiger partial charge in [0.2, 0.25) is 0 Å². The van der Waals surface area contributed by atoms with Gasteiger partial charge in [0.1, 0.15) is 0 Å². The minimum absolute atomic E-state index is 0.169. The lowest BCUT2D eigenvalue weighted by Crippen LogP contribution is -2.16. The third kappa shape index (κ3) is 2.46. The third-order valence-electron chi connectivity index (χ3n) is 2.69. The summed E-state index contributed by atoms with van der Waals surface area (Å²) in [6, 6.07) is 5.55. The van der Waals surface area contributed by atoms with Crippen LogP contribution in [0.3, 0.4) is 0 Å². The van der Waals surface area contributed by atoms with Crippen molar-refractivity contribution in [2.75, 3.05) is 6.54 Å². The molecule has 5 heteroatoms.